The molecule has 1 unspecified atom stereocenters. The number of aliphatic hydroxyl groups is 1. The predicted molar refractivity (Wildman–Crippen MR) is 107 cm³/mol. The van der Waals surface area contributed by atoms with E-state index in [0.29, 0.717) is 17.0 Å². The van der Waals surface area contributed by atoms with Crippen LogP contribution in [0, 0.1) is 0 Å². The molecule has 0 radical (unpaired) electrons. The number of aliphatic imine (C=N–C) groups is 1. The minimum absolute atomic E-state index is 0.227. The summed E-state index contributed by atoms with van der Waals surface area (Å²) >= 11 is 5.88. The van der Waals surface area contributed by atoms with Gasteiger partial charge in [-0.2, -0.15) is 0 Å². The van der Waals surface area contributed by atoms with Crippen LogP contribution in [0.1, 0.15) is 40.4 Å². The largest absolute Gasteiger partial charge is 0.390 e. The Labute approximate surface area is 163 Å². The van der Waals surface area contributed by atoms with Gasteiger partial charge in [-0.05, 0) is 60.4 Å². The first-order valence-electron chi connectivity index (χ1n) is 9.26. The molecular weight excluding hydrogens is 362 g/mol. The minimum Gasteiger partial charge on any atom is -0.390 e. The van der Waals surface area contributed by atoms with Crippen LogP contribution in [0.25, 0.3) is 0 Å². The van der Waals surface area contributed by atoms with Crippen molar-refractivity contribution in [2.45, 2.75) is 31.4 Å². The van der Waals surface area contributed by atoms with Crippen LogP contribution in [0.15, 0.2) is 47.5 Å². The number of hydrogen-bond donors (Lipinski definition) is 2. The third kappa shape index (κ3) is 3.99. The van der Waals surface area contributed by atoms with Gasteiger partial charge >= 0.3 is 0 Å². The molecule has 4 rings (SSSR count). The molecule has 2 atom stereocenters. The van der Waals surface area contributed by atoms with Crippen molar-refractivity contribution in [1.29, 1.82) is 0 Å². The molecule has 2 aromatic carbocycles. The maximum atomic E-state index is 12.6. The number of nitrogens with one attached hydrogen (secondary N) is 1. The number of carbonyl (C=O) groups excluding carboxylic acids is 1. The van der Waals surface area contributed by atoms with Crippen LogP contribution in [0.4, 0.5) is 5.69 Å². The van der Waals surface area contributed by atoms with E-state index < -0.39 is 12.1 Å². The van der Waals surface area contributed by atoms with Crippen molar-refractivity contribution < 1.29 is 9.90 Å². The highest BCUT2D eigenvalue weighted by Crippen LogP contribution is 2.34. The summed E-state index contributed by atoms with van der Waals surface area (Å²) in [6, 6.07) is 12.2. The number of fused-ring (bicyclic) bond motifs is 1. The fraction of sp³-hybridized carbons (Fsp3) is 0.333. The molecule has 0 saturated carbocycles. The van der Waals surface area contributed by atoms with Gasteiger partial charge in [0.05, 0.1) is 24.2 Å². The molecule has 2 aliphatic rings. The summed E-state index contributed by atoms with van der Waals surface area (Å²) in [7, 11) is 0. The van der Waals surface area contributed by atoms with E-state index in [2.05, 4.69) is 15.2 Å². The van der Waals surface area contributed by atoms with Gasteiger partial charge in [0.2, 0.25) is 0 Å². The number of benzene rings is 2. The van der Waals surface area contributed by atoms with Gasteiger partial charge in [-0.3, -0.25) is 4.79 Å². The van der Waals surface area contributed by atoms with E-state index in [9.17, 15) is 9.90 Å². The van der Waals surface area contributed by atoms with E-state index in [4.69, 9.17) is 11.6 Å². The molecule has 1 aliphatic heterocycles. The topological polar surface area (TPSA) is 64.9 Å². The Morgan fingerprint density at radius 2 is 1.93 bits per heavy atom. The molecule has 27 heavy (non-hydrogen) atoms. The minimum atomic E-state index is -0.644. The van der Waals surface area contributed by atoms with Crippen molar-refractivity contribution >= 4 is 29.5 Å². The van der Waals surface area contributed by atoms with Crippen LogP contribution >= 0.6 is 11.6 Å². The normalized spacial score (nSPS) is 21.6. The standard InChI is InChI=1S/C21H22ClN3O2/c22-16-6-3-14(4-7-16)21(27)24-20-18-12-17(8-5-15(18)11-19(20)26)23-13-25-9-1-2-10-25/h3-8,12-13,19-20,26H,1-2,9-11H2,(H,24,27)/t19-,20?/m1/s1. The van der Waals surface area contributed by atoms with Gasteiger partial charge < -0.3 is 15.3 Å². The quantitative estimate of drug-likeness (QED) is 0.627. The summed E-state index contributed by atoms with van der Waals surface area (Å²) in [6.45, 7) is 2.10. The van der Waals surface area contributed by atoms with Crippen molar-refractivity contribution in [3.05, 3.63) is 64.2 Å². The van der Waals surface area contributed by atoms with Crippen molar-refractivity contribution in [3.63, 3.8) is 0 Å². The van der Waals surface area contributed by atoms with Gasteiger partial charge in [0, 0.05) is 30.1 Å². The fourth-order valence-corrected chi connectivity index (χ4v) is 3.82. The SMILES string of the molecule is O=C(NC1c2cc(N=CN3CCCC3)ccc2C[C@H]1O)c1ccc(Cl)cc1. The Hall–Kier alpha value is -2.37. The van der Waals surface area contributed by atoms with Crippen molar-refractivity contribution in [1.82, 2.24) is 10.2 Å². The molecule has 140 valence electrons. The summed E-state index contributed by atoms with van der Waals surface area (Å²) in [5.41, 5.74) is 3.33. The Kier molecular flexibility index (Phi) is 5.14. The highest BCUT2D eigenvalue weighted by molar-refractivity contribution is 6.30. The van der Waals surface area contributed by atoms with Gasteiger partial charge in [0.1, 0.15) is 0 Å². The average molecular weight is 384 g/mol. The first-order chi connectivity index (χ1) is 13.1. The summed E-state index contributed by atoms with van der Waals surface area (Å²) in [5.74, 6) is -0.227. The Morgan fingerprint density at radius 1 is 1.19 bits per heavy atom. The third-order valence-electron chi connectivity index (χ3n) is 5.18. The van der Waals surface area contributed by atoms with Crippen molar-refractivity contribution in [2.75, 3.05) is 13.1 Å². The number of halogens is 1. The molecule has 1 amide bonds. The number of carbonyl (C=O) groups is 1. The molecule has 1 saturated heterocycles. The van der Waals surface area contributed by atoms with E-state index in [1.54, 1.807) is 24.3 Å². The lowest BCUT2D eigenvalue weighted by molar-refractivity contribution is 0.0858. The van der Waals surface area contributed by atoms with E-state index in [-0.39, 0.29) is 5.91 Å². The lowest BCUT2D eigenvalue weighted by atomic mass is 10.1. The monoisotopic (exact) mass is 383 g/mol. The van der Waals surface area contributed by atoms with Crippen LogP contribution < -0.4 is 5.32 Å². The predicted octanol–water partition coefficient (Wildman–Crippen LogP) is 3.48. The van der Waals surface area contributed by atoms with Gasteiger partial charge in [-0.1, -0.05) is 17.7 Å². The van der Waals surface area contributed by atoms with E-state index in [1.807, 2.05) is 24.5 Å². The zero-order valence-corrected chi connectivity index (χ0v) is 15.7. The van der Waals surface area contributed by atoms with Gasteiger partial charge in [0.15, 0.2) is 0 Å². The van der Waals surface area contributed by atoms with Gasteiger partial charge in [0.25, 0.3) is 5.91 Å². The number of aliphatic hydroxyl groups excluding tert-OH is 1. The molecule has 0 bridgehead atoms. The molecule has 2 N–H and O–H groups in total. The van der Waals surface area contributed by atoms with Crippen molar-refractivity contribution in [3.8, 4) is 0 Å². The number of nitrogens with zero attached hydrogens (tertiary/aromatic N) is 2. The molecule has 0 aromatic heterocycles. The maximum Gasteiger partial charge on any atom is 0.251 e. The summed E-state index contributed by atoms with van der Waals surface area (Å²) < 4.78 is 0. The molecule has 1 fully saturated rings. The second-order valence-corrected chi connectivity index (χ2v) is 7.54. The summed E-state index contributed by atoms with van der Waals surface area (Å²) in [6.07, 6.45) is 4.19. The second kappa shape index (κ2) is 7.71. The number of hydrogen-bond acceptors (Lipinski definition) is 3. The molecule has 5 nitrogen and oxygen atoms in total. The van der Waals surface area contributed by atoms with E-state index in [0.717, 1.165) is 29.9 Å². The lowest BCUT2D eigenvalue weighted by Gasteiger charge is -2.18. The van der Waals surface area contributed by atoms with Crippen LogP contribution in [-0.2, 0) is 6.42 Å². The zero-order valence-electron chi connectivity index (χ0n) is 14.9. The van der Waals surface area contributed by atoms with Crippen LogP contribution in [0.3, 0.4) is 0 Å². The highest BCUT2D eigenvalue weighted by atomic mass is 35.5. The first kappa shape index (κ1) is 18.0. The van der Waals surface area contributed by atoms with E-state index in [1.165, 1.54) is 12.8 Å². The van der Waals surface area contributed by atoms with Crippen LogP contribution in [0.2, 0.25) is 5.02 Å². The Morgan fingerprint density at radius 3 is 2.67 bits per heavy atom. The van der Waals surface area contributed by atoms with Gasteiger partial charge in [-0.15, -0.1) is 0 Å². The smallest absolute Gasteiger partial charge is 0.251 e. The number of rotatable bonds is 4. The Bertz CT molecular complexity index is 860. The second-order valence-electron chi connectivity index (χ2n) is 7.10. The van der Waals surface area contributed by atoms with Gasteiger partial charge in [-0.25, -0.2) is 4.99 Å². The molecule has 1 aliphatic carbocycles. The Balaban J connectivity index is 1.52. The summed E-state index contributed by atoms with van der Waals surface area (Å²) in [4.78, 5) is 19.3. The fourth-order valence-electron chi connectivity index (χ4n) is 3.69. The lowest BCUT2D eigenvalue weighted by Crippen LogP contribution is -2.33. The summed E-state index contributed by atoms with van der Waals surface area (Å²) in [5, 5.41) is 14.0. The number of amides is 1. The average Bonchev–Trinajstić information content (AvgIpc) is 3.29. The molecular formula is C21H22ClN3O2. The van der Waals surface area contributed by atoms with Crippen LogP contribution in [0.5, 0.6) is 0 Å². The highest BCUT2D eigenvalue weighted by Gasteiger charge is 2.32. The first-order valence-corrected chi connectivity index (χ1v) is 9.63. The zero-order chi connectivity index (χ0) is 18.8. The van der Waals surface area contributed by atoms with E-state index >= 15 is 0 Å². The molecule has 2 aromatic rings. The maximum absolute atomic E-state index is 12.6. The van der Waals surface area contributed by atoms with Crippen molar-refractivity contribution in [2.24, 2.45) is 4.99 Å². The molecule has 0 spiro atoms. The molecule has 6 heteroatoms. The van der Waals surface area contributed by atoms with Crippen LogP contribution in [-0.4, -0.2) is 41.4 Å². The number of likely N-dealkylation sites (tertiary alicyclic amines) is 1. The molecule has 1 heterocycles. The third-order valence-corrected chi connectivity index (χ3v) is 5.43.